The molecule has 0 fully saturated rings. The number of rotatable bonds is 6. The van der Waals surface area contributed by atoms with Gasteiger partial charge in [-0.15, -0.1) is 0 Å². The first kappa shape index (κ1) is 13.0. The van der Waals surface area contributed by atoms with Gasteiger partial charge in [-0.1, -0.05) is 12.1 Å². The molecular formula is C13H22N2O. The Kier molecular flexibility index (Phi) is 5.29. The van der Waals surface area contributed by atoms with Gasteiger partial charge in [0.15, 0.2) is 0 Å². The van der Waals surface area contributed by atoms with E-state index in [1.807, 2.05) is 26.0 Å². The lowest BCUT2D eigenvalue weighted by molar-refractivity contribution is 0.339. The normalized spacial score (nSPS) is 14.5. The lowest BCUT2D eigenvalue weighted by Crippen LogP contribution is -2.40. The molecule has 0 aliphatic carbocycles. The van der Waals surface area contributed by atoms with E-state index in [0.29, 0.717) is 12.6 Å². The van der Waals surface area contributed by atoms with Gasteiger partial charge >= 0.3 is 0 Å². The molecule has 90 valence electrons. The Hall–Kier alpha value is -1.06. The Bertz CT molecular complexity index is 313. The molecule has 0 aliphatic rings. The molecule has 0 heterocycles. The summed E-state index contributed by atoms with van der Waals surface area (Å²) in [5, 5.41) is 3.39. The van der Waals surface area contributed by atoms with E-state index in [1.54, 1.807) is 0 Å². The Morgan fingerprint density at radius 3 is 2.75 bits per heavy atom. The minimum Gasteiger partial charge on any atom is -0.494 e. The van der Waals surface area contributed by atoms with Crippen molar-refractivity contribution in [1.29, 1.82) is 0 Å². The molecule has 0 radical (unpaired) electrons. The van der Waals surface area contributed by atoms with Crippen LogP contribution < -0.4 is 15.8 Å². The van der Waals surface area contributed by atoms with Gasteiger partial charge in [0.05, 0.1) is 6.61 Å². The van der Waals surface area contributed by atoms with E-state index in [-0.39, 0.29) is 6.04 Å². The number of hydrogen-bond donors (Lipinski definition) is 2. The minimum absolute atomic E-state index is 0.162. The maximum absolute atomic E-state index is 5.79. The van der Waals surface area contributed by atoms with Crippen LogP contribution in [0.2, 0.25) is 0 Å². The van der Waals surface area contributed by atoms with Gasteiger partial charge in [0.2, 0.25) is 0 Å². The van der Waals surface area contributed by atoms with Gasteiger partial charge in [0.1, 0.15) is 5.75 Å². The van der Waals surface area contributed by atoms with Crippen LogP contribution in [0.4, 0.5) is 0 Å². The van der Waals surface area contributed by atoms with Crippen molar-refractivity contribution in [1.82, 2.24) is 5.32 Å². The molecule has 1 aromatic carbocycles. The molecule has 0 aliphatic heterocycles. The summed E-state index contributed by atoms with van der Waals surface area (Å²) in [6.07, 6.45) is 0. The van der Waals surface area contributed by atoms with Crippen LogP contribution in [0.5, 0.6) is 5.75 Å². The number of nitrogens with two attached hydrogens (primary N) is 1. The Morgan fingerprint density at radius 1 is 1.38 bits per heavy atom. The van der Waals surface area contributed by atoms with Crippen molar-refractivity contribution in [3.8, 4) is 5.75 Å². The van der Waals surface area contributed by atoms with Crippen LogP contribution in [0.25, 0.3) is 0 Å². The molecule has 0 aromatic heterocycles. The second-order valence-corrected chi connectivity index (χ2v) is 4.11. The van der Waals surface area contributed by atoms with Crippen molar-refractivity contribution in [2.45, 2.75) is 39.4 Å². The lowest BCUT2D eigenvalue weighted by Gasteiger charge is -2.17. The summed E-state index contributed by atoms with van der Waals surface area (Å²) in [6, 6.07) is 8.61. The fraction of sp³-hybridized carbons (Fsp3) is 0.538. The number of ether oxygens (including phenoxy) is 1. The molecular weight excluding hydrogens is 200 g/mol. The van der Waals surface area contributed by atoms with Gasteiger partial charge in [-0.3, -0.25) is 0 Å². The molecule has 1 aromatic rings. The van der Waals surface area contributed by atoms with E-state index >= 15 is 0 Å². The van der Waals surface area contributed by atoms with E-state index in [4.69, 9.17) is 10.5 Å². The van der Waals surface area contributed by atoms with Gasteiger partial charge in [0.25, 0.3) is 0 Å². The largest absolute Gasteiger partial charge is 0.494 e. The molecule has 0 bridgehead atoms. The van der Waals surface area contributed by atoms with E-state index in [0.717, 1.165) is 12.3 Å². The summed E-state index contributed by atoms with van der Waals surface area (Å²) < 4.78 is 5.45. The van der Waals surface area contributed by atoms with Crippen LogP contribution in [0, 0.1) is 0 Å². The molecule has 0 amide bonds. The molecule has 16 heavy (non-hydrogen) atoms. The van der Waals surface area contributed by atoms with E-state index in [2.05, 4.69) is 24.4 Å². The first-order chi connectivity index (χ1) is 7.63. The van der Waals surface area contributed by atoms with Crippen molar-refractivity contribution in [3.05, 3.63) is 29.8 Å². The van der Waals surface area contributed by atoms with Crippen molar-refractivity contribution in [2.75, 3.05) is 6.61 Å². The second-order valence-electron chi connectivity index (χ2n) is 4.11. The molecule has 2 atom stereocenters. The predicted molar refractivity (Wildman–Crippen MR) is 67.6 cm³/mol. The molecule has 1 rings (SSSR count). The second kappa shape index (κ2) is 6.51. The summed E-state index contributed by atoms with van der Waals surface area (Å²) in [5.41, 5.74) is 7.01. The number of nitrogens with one attached hydrogen (secondary N) is 1. The zero-order chi connectivity index (χ0) is 12.0. The highest BCUT2D eigenvalue weighted by atomic mass is 16.5. The van der Waals surface area contributed by atoms with E-state index in [1.165, 1.54) is 5.56 Å². The molecule has 3 heteroatoms. The highest BCUT2D eigenvalue weighted by Crippen LogP contribution is 2.13. The average Bonchev–Trinajstić information content (AvgIpc) is 2.26. The summed E-state index contributed by atoms with van der Waals surface area (Å²) in [7, 11) is 0. The average molecular weight is 222 g/mol. The Labute approximate surface area is 98.0 Å². The fourth-order valence-electron chi connectivity index (χ4n) is 1.38. The third kappa shape index (κ3) is 4.21. The van der Waals surface area contributed by atoms with Crippen LogP contribution >= 0.6 is 0 Å². The van der Waals surface area contributed by atoms with Crippen molar-refractivity contribution >= 4 is 0 Å². The molecule has 0 spiro atoms. The molecule has 0 saturated carbocycles. The number of benzene rings is 1. The summed E-state index contributed by atoms with van der Waals surface area (Å²) >= 11 is 0. The van der Waals surface area contributed by atoms with Gasteiger partial charge in [-0.05, 0) is 38.5 Å². The standard InChI is InChI=1S/C13H22N2O/c1-4-16-13-7-5-6-12(8-13)9-15-11(3)10(2)14/h5-8,10-11,15H,4,9,14H2,1-3H3. The molecule has 0 saturated heterocycles. The van der Waals surface area contributed by atoms with Crippen molar-refractivity contribution in [2.24, 2.45) is 5.73 Å². The van der Waals surface area contributed by atoms with Crippen LogP contribution in [0.1, 0.15) is 26.3 Å². The minimum atomic E-state index is 0.162. The third-order valence-electron chi connectivity index (χ3n) is 2.63. The van der Waals surface area contributed by atoms with Gasteiger partial charge in [-0.25, -0.2) is 0 Å². The molecule has 3 nitrogen and oxygen atoms in total. The van der Waals surface area contributed by atoms with Gasteiger partial charge in [-0.2, -0.15) is 0 Å². The number of hydrogen-bond acceptors (Lipinski definition) is 3. The van der Waals surface area contributed by atoms with Crippen LogP contribution in [0.3, 0.4) is 0 Å². The molecule has 2 unspecified atom stereocenters. The Morgan fingerprint density at radius 2 is 2.12 bits per heavy atom. The van der Waals surface area contributed by atoms with E-state index in [9.17, 15) is 0 Å². The zero-order valence-electron chi connectivity index (χ0n) is 10.4. The zero-order valence-corrected chi connectivity index (χ0v) is 10.4. The van der Waals surface area contributed by atoms with Crippen LogP contribution in [-0.4, -0.2) is 18.7 Å². The maximum Gasteiger partial charge on any atom is 0.119 e. The van der Waals surface area contributed by atoms with E-state index < -0.39 is 0 Å². The summed E-state index contributed by atoms with van der Waals surface area (Å²) in [6.45, 7) is 7.62. The summed E-state index contributed by atoms with van der Waals surface area (Å²) in [5.74, 6) is 0.926. The topological polar surface area (TPSA) is 47.3 Å². The lowest BCUT2D eigenvalue weighted by atomic mass is 10.1. The first-order valence-corrected chi connectivity index (χ1v) is 5.84. The highest BCUT2D eigenvalue weighted by molar-refractivity contribution is 5.28. The predicted octanol–water partition coefficient (Wildman–Crippen LogP) is 1.91. The monoisotopic (exact) mass is 222 g/mol. The SMILES string of the molecule is CCOc1cccc(CNC(C)C(C)N)c1. The highest BCUT2D eigenvalue weighted by Gasteiger charge is 2.06. The smallest absolute Gasteiger partial charge is 0.119 e. The molecule has 3 N–H and O–H groups in total. The Balaban J connectivity index is 2.50. The maximum atomic E-state index is 5.79. The van der Waals surface area contributed by atoms with Crippen molar-refractivity contribution < 1.29 is 4.74 Å². The van der Waals surface area contributed by atoms with Gasteiger partial charge in [0, 0.05) is 18.6 Å². The van der Waals surface area contributed by atoms with Crippen molar-refractivity contribution in [3.63, 3.8) is 0 Å². The van der Waals surface area contributed by atoms with Crippen LogP contribution in [0.15, 0.2) is 24.3 Å². The summed E-state index contributed by atoms with van der Waals surface area (Å²) in [4.78, 5) is 0. The van der Waals surface area contributed by atoms with Crippen LogP contribution in [-0.2, 0) is 6.54 Å². The third-order valence-corrected chi connectivity index (χ3v) is 2.63. The quantitative estimate of drug-likeness (QED) is 0.773. The van der Waals surface area contributed by atoms with Gasteiger partial charge < -0.3 is 15.8 Å². The fourth-order valence-corrected chi connectivity index (χ4v) is 1.38. The first-order valence-electron chi connectivity index (χ1n) is 5.84.